The molecule has 0 spiro atoms. The number of hydrogen-bond acceptors (Lipinski definition) is 2. The van der Waals surface area contributed by atoms with Crippen LogP contribution in [0.2, 0.25) is 0 Å². The third kappa shape index (κ3) is 3.46. The highest BCUT2D eigenvalue weighted by molar-refractivity contribution is 4.87. The van der Waals surface area contributed by atoms with Gasteiger partial charge in [0.15, 0.2) is 0 Å². The Morgan fingerprint density at radius 1 is 1.40 bits per heavy atom. The van der Waals surface area contributed by atoms with Gasteiger partial charge in [-0.1, -0.05) is 34.1 Å². The van der Waals surface area contributed by atoms with Gasteiger partial charge in [0.05, 0.1) is 0 Å². The summed E-state index contributed by atoms with van der Waals surface area (Å²) < 4.78 is 0. The molecule has 1 aliphatic heterocycles. The Morgan fingerprint density at radius 3 is 2.53 bits per heavy atom. The first-order valence-corrected chi connectivity index (χ1v) is 6.43. The molecule has 0 saturated carbocycles. The molecule has 0 aromatic carbocycles. The van der Waals surface area contributed by atoms with E-state index in [2.05, 4.69) is 32.6 Å². The van der Waals surface area contributed by atoms with Crippen molar-refractivity contribution in [2.45, 2.75) is 53.0 Å². The predicted molar refractivity (Wildman–Crippen MR) is 66.9 cm³/mol. The third-order valence-electron chi connectivity index (χ3n) is 3.79. The van der Waals surface area contributed by atoms with Gasteiger partial charge < -0.3 is 5.73 Å². The van der Waals surface area contributed by atoms with E-state index in [0.29, 0.717) is 11.5 Å². The van der Waals surface area contributed by atoms with Crippen LogP contribution in [0.25, 0.3) is 0 Å². The molecule has 15 heavy (non-hydrogen) atoms. The molecule has 1 aliphatic rings. The zero-order chi connectivity index (χ0) is 11.5. The third-order valence-corrected chi connectivity index (χ3v) is 3.79. The molecule has 1 heterocycles. The first kappa shape index (κ1) is 13.0. The van der Waals surface area contributed by atoms with Gasteiger partial charge in [0.1, 0.15) is 0 Å². The van der Waals surface area contributed by atoms with Crippen molar-refractivity contribution < 1.29 is 0 Å². The summed E-state index contributed by atoms with van der Waals surface area (Å²) in [6, 6.07) is 0.548. The number of likely N-dealkylation sites (tertiary alicyclic amines) is 1. The van der Waals surface area contributed by atoms with E-state index in [4.69, 9.17) is 5.73 Å². The monoisotopic (exact) mass is 212 g/mol. The molecular formula is C13H28N2. The Balaban J connectivity index is 2.60. The van der Waals surface area contributed by atoms with E-state index < -0.39 is 0 Å². The maximum Gasteiger partial charge on any atom is 0.0266 e. The van der Waals surface area contributed by atoms with E-state index in [1.54, 1.807) is 0 Å². The topological polar surface area (TPSA) is 29.3 Å². The smallest absolute Gasteiger partial charge is 0.0266 e. The van der Waals surface area contributed by atoms with Gasteiger partial charge in [-0.2, -0.15) is 0 Å². The molecule has 2 N–H and O–H groups in total. The molecule has 2 atom stereocenters. The quantitative estimate of drug-likeness (QED) is 0.779. The molecule has 0 aromatic rings. The number of nitrogens with two attached hydrogens (primary N) is 1. The van der Waals surface area contributed by atoms with Crippen LogP contribution in [-0.4, -0.2) is 30.6 Å². The summed E-state index contributed by atoms with van der Waals surface area (Å²) in [7, 11) is 0. The van der Waals surface area contributed by atoms with Gasteiger partial charge in [-0.25, -0.2) is 0 Å². The van der Waals surface area contributed by atoms with Crippen LogP contribution in [0.1, 0.15) is 47.0 Å². The fourth-order valence-corrected chi connectivity index (χ4v) is 2.76. The second-order valence-electron chi connectivity index (χ2n) is 6.03. The van der Waals surface area contributed by atoms with Crippen molar-refractivity contribution in [1.29, 1.82) is 0 Å². The predicted octanol–water partition coefficient (Wildman–Crippen LogP) is 2.48. The second-order valence-corrected chi connectivity index (χ2v) is 6.03. The Hall–Kier alpha value is -0.0800. The summed E-state index contributed by atoms with van der Waals surface area (Å²) in [6.07, 6.45) is 4.08. The van der Waals surface area contributed by atoms with Crippen LogP contribution in [0.5, 0.6) is 0 Å². The molecule has 0 bridgehead atoms. The van der Waals surface area contributed by atoms with Gasteiger partial charge in [-0.3, -0.25) is 4.90 Å². The largest absolute Gasteiger partial charge is 0.329 e. The minimum Gasteiger partial charge on any atom is -0.329 e. The number of hydrogen-bond donors (Lipinski definition) is 1. The maximum atomic E-state index is 5.93. The molecule has 1 saturated heterocycles. The van der Waals surface area contributed by atoms with Gasteiger partial charge in [0.2, 0.25) is 0 Å². The SMILES string of the molecule is CCC1CCCN(C(CN)C(C)(C)C)C1. The van der Waals surface area contributed by atoms with Crippen molar-refractivity contribution in [3.63, 3.8) is 0 Å². The molecule has 1 rings (SSSR count). The van der Waals surface area contributed by atoms with Crippen LogP contribution in [0.3, 0.4) is 0 Å². The Bertz CT molecular complexity index is 183. The Kier molecular flexibility index (Phi) is 4.60. The summed E-state index contributed by atoms with van der Waals surface area (Å²) in [5, 5.41) is 0. The molecule has 1 fully saturated rings. The molecule has 0 aromatic heterocycles. The van der Waals surface area contributed by atoms with Crippen LogP contribution < -0.4 is 5.73 Å². The summed E-state index contributed by atoms with van der Waals surface area (Å²) >= 11 is 0. The van der Waals surface area contributed by atoms with Gasteiger partial charge in [-0.05, 0) is 30.7 Å². The maximum absolute atomic E-state index is 5.93. The molecule has 0 radical (unpaired) electrons. The highest BCUT2D eigenvalue weighted by atomic mass is 15.2. The molecule has 0 amide bonds. The molecule has 2 unspecified atom stereocenters. The number of nitrogens with zero attached hydrogens (tertiary/aromatic N) is 1. The lowest BCUT2D eigenvalue weighted by Crippen LogP contribution is -2.52. The Morgan fingerprint density at radius 2 is 2.07 bits per heavy atom. The van der Waals surface area contributed by atoms with E-state index in [1.807, 2.05) is 0 Å². The van der Waals surface area contributed by atoms with Crippen LogP contribution in [0, 0.1) is 11.3 Å². The van der Waals surface area contributed by atoms with Crippen molar-refractivity contribution >= 4 is 0 Å². The van der Waals surface area contributed by atoms with E-state index >= 15 is 0 Å². The average Bonchev–Trinajstić information content (AvgIpc) is 2.17. The fraction of sp³-hybridized carbons (Fsp3) is 1.00. The van der Waals surface area contributed by atoms with Crippen LogP contribution >= 0.6 is 0 Å². The van der Waals surface area contributed by atoms with Gasteiger partial charge >= 0.3 is 0 Å². The molecule has 2 heteroatoms. The van der Waals surface area contributed by atoms with Crippen molar-refractivity contribution in [3.8, 4) is 0 Å². The summed E-state index contributed by atoms with van der Waals surface area (Å²) in [6.45, 7) is 12.5. The minimum atomic E-state index is 0.310. The van der Waals surface area contributed by atoms with Crippen molar-refractivity contribution in [2.24, 2.45) is 17.1 Å². The van der Waals surface area contributed by atoms with E-state index in [0.717, 1.165) is 12.5 Å². The fourth-order valence-electron chi connectivity index (χ4n) is 2.76. The average molecular weight is 212 g/mol. The zero-order valence-corrected chi connectivity index (χ0v) is 10.9. The zero-order valence-electron chi connectivity index (χ0n) is 10.9. The van der Waals surface area contributed by atoms with E-state index in [-0.39, 0.29) is 0 Å². The van der Waals surface area contributed by atoms with E-state index in [1.165, 1.54) is 32.4 Å². The lowest BCUT2D eigenvalue weighted by molar-refractivity contribution is 0.0611. The van der Waals surface area contributed by atoms with Crippen molar-refractivity contribution in [3.05, 3.63) is 0 Å². The van der Waals surface area contributed by atoms with Crippen molar-refractivity contribution in [1.82, 2.24) is 4.90 Å². The Labute approximate surface area is 95.2 Å². The van der Waals surface area contributed by atoms with Gasteiger partial charge in [0, 0.05) is 19.1 Å². The standard InChI is InChI=1S/C13H28N2/c1-5-11-7-6-8-15(10-11)12(9-14)13(2,3)4/h11-12H,5-10,14H2,1-4H3. The van der Waals surface area contributed by atoms with Crippen LogP contribution in [-0.2, 0) is 0 Å². The summed E-state index contributed by atoms with van der Waals surface area (Å²) in [5.41, 5.74) is 6.24. The highest BCUT2D eigenvalue weighted by Gasteiger charge is 2.31. The normalized spacial score (nSPS) is 26.6. The lowest BCUT2D eigenvalue weighted by atomic mass is 9.83. The summed E-state index contributed by atoms with van der Waals surface area (Å²) in [5.74, 6) is 0.898. The molecular weight excluding hydrogens is 184 g/mol. The lowest BCUT2D eigenvalue weighted by Gasteiger charge is -2.43. The minimum absolute atomic E-state index is 0.310. The second kappa shape index (κ2) is 5.31. The first-order valence-electron chi connectivity index (χ1n) is 6.43. The summed E-state index contributed by atoms with van der Waals surface area (Å²) in [4.78, 5) is 2.62. The molecule has 0 aliphatic carbocycles. The molecule has 2 nitrogen and oxygen atoms in total. The molecule has 90 valence electrons. The van der Waals surface area contributed by atoms with Crippen LogP contribution in [0.4, 0.5) is 0 Å². The van der Waals surface area contributed by atoms with E-state index in [9.17, 15) is 0 Å². The van der Waals surface area contributed by atoms with Crippen molar-refractivity contribution in [2.75, 3.05) is 19.6 Å². The number of rotatable bonds is 3. The highest BCUT2D eigenvalue weighted by Crippen LogP contribution is 2.28. The van der Waals surface area contributed by atoms with Gasteiger partial charge in [0.25, 0.3) is 0 Å². The first-order chi connectivity index (χ1) is 6.99. The van der Waals surface area contributed by atoms with Crippen LogP contribution in [0.15, 0.2) is 0 Å². The number of piperidine rings is 1. The van der Waals surface area contributed by atoms with Gasteiger partial charge in [-0.15, -0.1) is 0 Å².